The van der Waals surface area contributed by atoms with E-state index >= 15 is 0 Å². The highest BCUT2D eigenvalue weighted by Crippen LogP contribution is 2.42. The molecule has 152 valence electrons. The van der Waals surface area contributed by atoms with Crippen LogP contribution < -0.4 is 14.4 Å². The average molecular weight is 423 g/mol. The van der Waals surface area contributed by atoms with E-state index in [0.717, 1.165) is 42.3 Å². The van der Waals surface area contributed by atoms with E-state index in [9.17, 15) is 5.11 Å². The SMILES string of the molecule is COc1ccc(O[C@@H]2C[C@@H]3CN(c4nc(C)c(C)s4)C[C@@H]3C[C@H]2O)c(C)c1Cl. The fraction of sp³-hybridized carbons (Fsp3) is 0.571. The van der Waals surface area contributed by atoms with Gasteiger partial charge in [0.1, 0.15) is 17.6 Å². The maximum absolute atomic E-state index is 10.7. The van der Waals surface area contributed by atoms with E-state index in [1.807, 2.05) is 19.1 Å². The first-order valence-corrected chi connectivity index (χ1v) is 10.9. The van der Waals surface area contributed by atoms with Gasteiger partial charge in [0.25, 0.3) is 0 Å². The number of fused-ring (bicyclic) bond motifs is 1. The molecule has 1 saturated heterocycles. The van der Waals surface area contributed by atoms with Gasteiger partial charge in [0.15, 0.2) is 5.13 Å². The average Bonchev–Trinajstić information content (AvgIpc) is 3.22. The van der Waals surface area contributed by atoms with E-state index in [4.69, 9.17) is 26.1 Å². The van der Waals surface area contributed by atoms with Crippen LogP contribution >= 0.6 is 22.9 Å². The molecule has 4 rings (SSSR count). The minimum absolute atomic E-state index is 0.218. The van der Waals surface area contributed by atoms with Crippen molar-refractivity contribution in [3.8, 4) is 11.5 Å². The van der Waals surface area contributed by atoms with Crippen LogP contribution in [0.5, 0.6) is 11.5 Å². The zero-order valence-electron chi connectivity index (χ0n) is 16.7. The van der Waals surface area contributed by atoms with Crippen molar-refractivity contribution in [1.29, 1.82) is 0 Å². The smallest absolute Gasteiger partial charge is 0.185 e. The van der Waals surface area contributed by atoms with Gasteiger partial charge in [0.2, 0.25) is 0 Å². The van der Waals surface area contributed by atoms with Crippen LogP contribution in [0.15, 0.2) is 12.1 Å². The van der Waals surface area contributed by atoms with E-state index in [1.165, 1.54) is 4.88 Å². The molecule has 7 heteroatoms. The van der Waals surface area contributed by atoms with Crippen molar-refractivity contribution in [1.82, 2.24) is 4.98 Å². The number of methoxy groups -OCH3 is 1. The van der Waals surface area contributed by atoms with Crippen LogP contribution in [0.3, 0.4) is 0 Å². The third-order valence-electron chi connectivity index (χ3n) is 6.17. The van der Waals surface area contributed by atoms with Crippen molar-refractivity contribution in [2.75, 3.05) is 25.1 Å². The van der Waals surface area contributed by atoms with Gasteiger partial charge >= 0.3 is 0 Å². The molecule has 1 aliphatic carbocycles. The first-order chi connectivity index (χ1) is 13.4. The zero-order valence-corrected chi connectivity index (χ0v) is 18.3. The second-order valence-electron chi connectivity index (χ2n) is 7.96. The highest BCUT2D eigenvalue weighted by atomic mass is 35.5. The van der Waals surface area contributed by atoms with Gasteiger partial charge in [-0.25, -0.2) is 4.98 Å². The summed E-state index contributed by atoms with van der Waals surface area (Å²) in [6, 6.07) is 3.69. The fourth-order valence-corrected chi connectivity index (χ4v) is 5.52. The first-order valence-electron chi connectivity index (χ1n) is 9.74. The molecule has 1 aromatic carbocycles. The molecule has 1 N–H and O–H groups in total. The second-order valence-corrected chi connectivity index (χ2v) is 9.52. The van der Waals surface area contributed by atoms with Gasteiger partial charge in [-0.15, -0.1) is 11.3 Å². The molecule has 2 fully saturated rings. The fourth-order valence-electron chi connectivity index (χ4n) is 4.36. The molecule has 0 bridgehead atoms. The normalized spacial score (nSPS) is 27.0. The largest absolute Gasteiger partial charge is 0.495 e. The molecule has 0 radical (unpaired) electrons. The molecule has 2 aromatic rings. The molecule has 1 saturated carbocycles. The number of thiazole rings is 1. The standard InChI is InChI=1S/C21H27ClN2O3S/c1-11-17(5-6-18(26-4)20(11)22)27-19-8-15-10-24(9-14(15)7-16(19)25)21-23-12(2)13(3)28-21/h5-6,14-16,19,25H,7-10H2,1-4H3/t14-,15+,16+,19+/m0/s1. The van der Waals surface area contributed by atoms with Crippen molar-refractivity contribution in [2.45, 2.75) is 45.8 Å². The molecule has 4 atom stereocenters. The van der Waals surface area contributed by atoms with Crippen molar-refractivity contribution in [3.05, 3.63) is 33.3 Å². The lowest BCUT2D eigenvalue weighted by molar-refractivity contribution is -0.0234. The van der Waals surface area contributed by atoms with E-state index in [-0.39, 0.29) is 6.10 Å². The number of aliphatic hydroxyl groups is 1. The van der Waals surface area contributed by atoms with Gasteiger partial charge in [-0.1, -0.05) is 11.6 Å². The number of nitrogens with zero attached hydrogens (tertiary/aromatic N) is 2. The highest BCUT2D eigenvalue weighted by molar-refractivity contribution is 7.15. The summed E-state index contributed by atoms with van der Waals surface area (Å²) in [5, 5.41) is 12.4. The summed E-state index contributed by atoms with van der Waals surface area (Å²) < 4.78 is 11.5. The van der Waals surface area contributed by atoms with Gasteiger partial charge < -0.3 is 19.5 Å². The third-order valence-corrected chi connectivity index (χ3v) is 7.78. The van der Waals surface area contributed by atoms with E-state index < -0.39 is 6.10 Å². The number of rotatable bonds is 4. The predicted molar refractivity (Wildman–Crippen MR) is 113 cm³/mol. The summed E-state index contributed by atoms with van der Waals surface area (Å²) in [4.78, 5) is 8.37. The Bertz CT molecular complexity index is 852. The predicted octanol–water partition coefficient (Wildman–Crippen LogP) is 4.39. The van der Waals surface area contributed by atoms with Crippen molar-refractivity contribution < 1.29 is 14.6 Å². The Kier molecular flexibility index (Phi) is 5.47. The minimum Gasteiger partial charge on any atom is -0.495 e. The van der Waals surface area contributed by atoms with Crippen LogP contribution in [0.4, 0.5) is 5.13 Å². The van der Waals surface area contributed by atoms with Crippen molar-refractivity contribution in [2.24, 2.45) is 11.8 Å². The number of aryl methyl sites for hydroxylation is 2. The number of aliphatic hydroxyl groups excluding tert-OH is 1. The number of benzene rings is 1. The number of ether oxygens (including phenoxy) is 2. The molecule has 1 aliphatic heterocycles. The van der Waals surface area contributed by atoms with Crippen LogP contribution in [0.1, 0.15) is 29.0 Å². The van der Waals surface area contributed by atoms with Crippen LogP contribution in [0, 0.1) is 32.6 Å². The summed E-state index contributed by atoms with van der Waals surface area (Å²) in [5.41, 5.74) is 1.96. The molecule has 28 heavy (non-hydrogen) atoms. The maximum Gasteiger partial charge on any atom is 0.185 e. The molecule has 1 aromatic heterocycles. The summed E-state index contributed by atoms with van der Waals surface area (Å²) in [5.74, 6) is 2.34. The maximum atomic E-state index is 10.7. The van der Waals surface area contributed by atoms with E-state index in [0.29, 0.717) is 28.4 Å². The molecule has 0 amide bonds. The monoisotopic (exact) mass is 422 g/mol. The highest BCUT2D eigenvalue weighted by Gasteiger charge is 2.43. The Morgan fingerprint density at radius 2 is 1.82 bits per heavy atom. The molecule has 5 nitrogen and oxygen atoms in total. The van der Waals surface area contributed by atoms with Crippen molar-refractivity contribution >= 4 is 28.1 Å². The molecule has 2 heterocycles. The zero-order chi connectivity index (χ0) is 20.0. The van der Waals surface area contributed by atoms with Crippen LogP contribution in [-0.2, 0) is 0 Å². The van der Waals surface area contributed by atoms with Gasteiger partial charge in [0.05, 0.1) is 23.9 Å². The van der Waals surface area contributed by atoms with Gasteiger partial charge in [0, 0.05) is 23.5 Å². The molecule has 0 spiro atoms. The Labute approximate surface area is 175 Å². The molecule has 0 unspecified atom stereocenters. The third kappa shape index (κ3) is 3.58. The van der Waals surface area contributed by atoms with E-state index in [2.05, 4.69) is 18.7 Å². The Morgan fingerprint density at radius 3 is 2.46 bits per heavy atom. The Morgan fingerprint density at radius 1 is 1.14 bits per heavy atom. The van der Waals surface area contributed by atoms with Gasteiger partial charge in [-0.05, 0) is 57.6 Å². The quantitative estimate of drug-likeness (QED) is 0.792. The lowest BCUT2D eigenvalue weighted by Crippen LogP contribution is -2.42. The Balaban J connectivity index is 1.47. The van der Waals surface area contributed by atoms with Crippen LogP contribution in [-0.4, -0.2) is 42.5 Å². The van der Waals surface area contributed by atoms with Gasteiger partial charge in [-0.3, -0.25) is 0 Å². The van der Waals surface area contributed by atoms with Crippen molar-refractivity contribution in [3.63, 3.8) is 0 Å². The van der Waals surface area contributed by atoms with Crippen LogP contribution in [0.25, 0.3) is 0 Å². The minimum atomic E-state index is -0.471. The second kappa shape index (κ2) is 7.73. The number of halogens is 1. The Hall–Kier alpha value is -1.50. The number of aromatic nitrogens is 1. The lowest BCUT2D eigenvalue weighted by atomic mass is 9.78. The number of hydrogen-bond donors (Lipinski definition) is 1. The summed E-state index contributed by atoms with van der Waals surface area (Å²) in [7, 11) is 1.60. The summed E-state index contributed by atoms with van der Waals surface area (Å²) >= 11 is 8.13. The lowest BCUT2D eigenvalue weighted by Gasteiger charge is -2.35. The van der Waals surface area contributed by atoms with Gasteiger partial charge in [-0.2, -0.15) is 0 Å². The van der Waals surface area contributed by atoms with Crippen LogP contribution in [0.2, 0.25) is 5.02 Å². The summed E-state index contributed by atoms with van der Waals surface area (Å²) in [6.45, 7) is 8.05. The molecular formula is C21H27ClN2O3S. The molecule has 2 aliphatic rings. The first kappa shape index (κ1) is 19.8. The number of hydrogen-bond acceptors (Lipinski definition) is 6. The molecular weight excluding hydrogens is 396 g/mol. The van der Waals surface area contributed by atoms with E-state index in [1.54, 1.807) is 18.4 Å². The topological polar surface area (TPSA) is 54.8 Å². The number of anilines is 1. The summed E-state index contributed by atoms with van der Waals surface area (Å²) in [6.07, 6.45) is 0.915.